The van der Waals surface area contributed by atoms with Gasteiger partial charge in [0.2, 0.25) is 0 Å². The molecule has 1 aromatic rings. The van der Waals surface area contributed by atoms with Crippen LogP contribution in [0.4, 0.5) is 5.82 Å². The van der Waals surface area contributed by atoms with E-state index in [0.717, 1.165) is 12.2 Å². The molecule has 0 aromatic carbocycles. The number of hydrogen-bond acceptors (Lipinski definition) is 2. The van der Waals surface area contributed by atoms with E-state index in [2.05, 4.69) is 36.8 Å². The van der Waals surface area contributed by atoms with Gasteiger partial charge in [0.1, 0.15) is 0 Å². The molecular weight excluding hydrogens is 160 g/mol. The Morgan fingerprint density at radius 3 is 2.77 bits per heavy atom. The van der Waals surface area contributed by atoms with Crippen LogP contribution >= 0.6 is 0 Å². The second-order valence-corrected chi connectivity index (χ2v) is 3.86. The van der Waals surface area contributed by atoms with E-state index < -0.39 is 0 Å². The summed E-state index contributed by atoms with van der Waals surface area (Å²) >= 11 is 0. The summed E-state index contributed by atoms with van der Waals surface area (Å²) in [6.45, 7) is 6.49. The van der Waals surface area contributed by atoms with Gasteiger partial charge in [-0.25, -0.2) is 9.98 Å². The average Bonchev–Trinajstić information content (AvgIpc) is 2.49. The third kappa shape index (κ3) is 1.37. The second-order valence-electron chi connectivity index (χ2n) is 3.86. The second kappa shape index (κ2) is 2.95. The molecule has 1 aliphatic rings. The normalized spacial score (nSPS) is 14.6. The summed E-state index contributed by atoms with van der Waals surface area (Å²) in [5.41, 5.74) is 3.88. The molecule has 13 heavy (non-hydrogen) atoms. The summed E-state index contributed by atoms with van der Waals surface area (Å²) in [6, 6.07) is 2.05. The van der Waals surface area contributed by atoms with Crippen molar-refractivity contribution in [1.29, 1.82) is 0 Å². The van der Waals surface area contributed by atoms with Crippen LogP contribution in [0, 0.1) is 12.8 Å². The molecule has 0 fully saturated rings. The van der Waals surface area contributed by atoms with Gasteiger partial charge in [-0.05, 0) is 24.5 Å². The first-order valence-corrected chi connectivity index (χ1v) is 4.70. The van der Waals surface area contributed by atoms with Crippen molar-refractivity contribution in [2.45, 2.75) is 27.2 Å². The lowest BCUT2D eigenvalue weighted by Gasteiger charge is -2.02. The Morgan fingerprint density at radius 2 is 2.15 bits per heavy atom. The third-order valence-electron chi connectivity index (χ3n) is 2.54. The van der Waals surface area contributed by atoms with Crippen LogP contribution in [0.25, 0.3) is 0 Å². The van der Waals surface area contributed by atoms with Crippen LogP contribution < -0.4 is 0 Å². The smallest absolute Gasteiger partial charge is 0.155 e. The van der Waals surface area contributed by atoms with Gasteiger partial charge >= 0.3 is 0 Å². The number of aryl methyl sites for hydroxylation is 1. The molecule has 0 amide bonds. The number of pyridine rings is 1. The van der Waals surface area contributed by atoms with E-state index in [0.29, 0.717) is 5.92 Å². The lowest BCUT2D eigenvalue weighted by molar-refractivity contribution is 0.871. The first kappa shape index (κ1) is 8.42. The first-order valence-electron chi connectivity index (χ1n) is 4.70. The molecule has 0 bridgehead atoms. The standard InChI is InChI=1S/C11H14N2/c1-7(2)10-6-9-8(3)4-5-12-11(9)13-10/h4-5,7H,6H2,1-3H3. The molecule has 0 aliphatic carbocycles. The van der Waals surface area contributed by atoms with Gasteiger partial charge in [-0.3, -0.25) is 0 Å². The van der Waals surface area contributed by atoms with Crippen LogP contribution in [0.3, 0.4) is 0 Å². The van der Waals surface area contributed by atoms with Crippen molar-refractivity contribution < 1.29 is 0 Å². The molecule has 0 saturated heterocycles. The average molecular weight is 174 g/mol. The number of nitrogens with zero attached hydrogens (tertiary/aromatic N) is 2. The summed E-state index contributed by atoms with van der Waals surface area (Å²) in [5, 5.41) is 0. The van der Waals surface area contributed by atoms with E-state index in [1.807, 2.05) is 6.20 Å². The van der Waals surface area contributed by atoms with Crippen molar-refractivity contribution in [2.24, 2.45) is 10.9 Å². The van der Waals surface area contributed by atoms with Crippen LogP contribution in [0.15, 0.2) is 17.3 Å². The molecule has 0 spiro atoms. The zero-order chi connectivity index (χ0) is 9.42. The topological polar surface area (TPSA) is 25.2 Å². The van der Waals surface area contributed by atoms with E-state index in [-0.39, 0.29) is 0 Å². The highest BCUT2D eigenvalue weighted by atomic mass is 14.9. The number of fused-ring (bicyclic) bond motifs is 1. The molecule has 1 aromatic heterocycles. The molecule has 0 N–H and O–H groups in total. The molecule has 1 aliphatic heterocycles. The van der Waals surface area contributed by atoms with Gasteiger partial charge in [-0.2, -0.15) is 0 Å². The summed E-state index contributed by atoms with van der Waals surface area (Å²) in [6.07, 6.45) is 2.83. The fourth-order valence-corrected chi connectivity index (χ4v) is 1.58. The molecule has 0 unspecified atom stereocenters. The summed E-state index contributed by atoms with van der Waals surface area (Å²) in [5.74, 6) is 1.47. The van der Waals surface area contributed by atoms with Crippen LogP contribution in [0.5, 0.6) is 0 Å². The first-order chi connectivity index (χ1) is 6.18. The Balaban J connectivity index is 2.41. The molecule has 0 saturated carbocycles. The van der Waals surface area contributed by atoms with Crippen molar-refractivity contribution in [3.05, 3.63) is 23.4 Å². The number of rotatable bonds is 1. The zero-order valence-corrected chi connectivity index (χ0v) is 8.33. The van der Waals surface area contributed by atoms with Crippen LogP contribution in [-0.2, 0) is 6.42 Å². The fourth-order valence-electron chi connectivity index (χ4n) is 1.58. The van der Waals surface area contributed by atoms with E-state index >= 15 is 0 Å². The largest absolute Gasteiger partial charge is 0.237 e. The van der Waals surface area contributed by atoms with Crippen LogP contribution in [-0.4, -0.2) is 10.7 Å². The highest BCUT2D eigenvalue weighted by molar-refractivity contribution is 5.94. The zero-order valence-electron chi connectivity index (χ0n) is 8.33. The highest BCUT2D eigenvalue weighted by Gasteiger charge is 2.18. The predicted molar refractivity (Wildman–Crippen MR) is 54.6 cm³/mol. The molecule has 2 heteroatoms. The van der Waals surface area contributed by atoms with Gasteiger partial charge in [0.15, 0.2) is 5.82 Å². The Bertz CT molecular complexity index is 364. The maximum absolute atomic E-state index is 4.52. The van der Waals surface area contributed by atoms with Crippen molar-refractivity contribution in [1.82, 2.24) is 4.98 Å². The van der Waals surface area contributed by atoms with E-state index in [9.17, 15) is 0 Å². The van der Waals surface area contributed by atoms with Crippen molar-refractivity contribution in [3.63, 3.8) is 0 Å². The van der Waals surface area contributed by atoms with Gasteiger partial charge < -0.3 is 0 Å². The summed E-state index contributed by atoms with van der Waals surface area (Å²) in [7, 11) is 0. The summed E-state index contributed by atoms with van der Waals surface area (Å²) < 4.78 is 0. The summed E-state index contributed by atoms with van der Waals surface area (Å²) in [4.78, 5) is 8.78. The van der Waals surface area contributed by atoms with Crippen LogP contribution in [0.1, 0.15) is 25.0 Å². The molecule has 2 nitrogen and oxygen atoms in total. The van der Waals surface area contributed by atoms with E-state index in [1.54, 1.807) is 0 Å². The SMILES string of the molecule is Cc1ccnc2c1CC(C(C)C)=N2. The van der Waals surface area contributed by atoms with Gasteiger partial charge in [0.05, 0.1) is 0 Å². The maximum Gasteiger partial charge on any atom is 0.155 e. The Labute approximate surface area is 78.7 Å². The molecule has 0 atom stereocenters. The molecule has 2 heterocycles. The molecule has 2 rings (SSSR count). The molecule has 68 valence electrons. The Kier molecular flexibility index (Phi) is 1.91. The van der Waals surface area contributed by atoms with Gasteiger partial charge in [-0.1, -0.05) is 13.8 Å². The Morgan fingerprint density at radius 1 is 1.38 bits per heavy atom. The van der Waals surface area contributed by atoms with Crippen molar-refractivity contribution in [2.75, 3.05) is 0 Å². The predicted octanol–water partition coefficient (Wildman–Crippen LogP) is 2.67. The monoisotopic (exact) mass is 174 g/mol. The van der Waals surface area contributed by atoms with Gasteiger partial charge in [-0.15, -0.1) is 0 Å². The van der Waals surface area contributed by atoms with Gasteiger partial charge in [0, 0.05) is 23.9 Å². The maximum atomic E-state index is 4.52. The quantitative estimate of drug-likeness (QED) is 0.642. The highest BCUT2D eigenvalue weighted by Crippen LogP contribution is 2.28. The molecular formula is C11H14N2. The third-order valence-corrected chi connectivity index (χ3v) is 2.54. The van der Waals surface area contributed by atoms with E-state index in [1.165, 1.54) is 16.8 Å². The van der Waals surface area contributed by atoms with E-state index in [4.69, 9.17) is 0 Å². The minimum atomic E-state index is 0.536. The number of aromatic nitrogens is 1. The number of hydrogen-bond donors (Lipinski definition) is 0. The lowest BCUT2D eigenvalue weighted by atomic mass is 10.0. The Hall–Kier alpha value is -1.18. The van der Waals surface area contributed by atoms with Crippen molar-refractivity contribution >= 4 is 11.5 Å². The van der Waals surface area contributed by atoms with Crippen LogP contribution in [0.2, 0.25) is 0 Å². The lowest BCUT2D eigenvalue weighted by Crippen LogP contribution is -2.06. The minimum absolute atomic E-state index is 0.536. The fraction of sp³-hybridized carbons (Fsp3) is 0.455. The van der Waals surface area contributed by atoms with Gasteiger partial charge in [0.25, 0.3) is 0 Å². The minimum Gasteiger partial charge on any atom is -0.237 e. The molecule has 0 radical (unpaired) electrons. The number of aliphatic imine (C=N–C) groups is 1. The van der Waals surface area contributed by atoms with Crippen molar-refractivity contribution in [3.8, 4) is 0 Å².